The van der Waals surface area contributed by atoms with E-state index in [2.05, 4.69) is 6.92 Å². The van der Waals surface area contributed by atoms with Crippen LogP contribution in [0.3, 0.4) is 0 Å². The van der Waals surface area contributed by atoms with Gasteiger partial charge < -0.3 is 11.5 Å². The van der Waals surface area contributed by atoms with Crippen molar-refractivity contribution in [2.75, 3.05) is 0 Å². The van der Waals surface area contributed by atoms with Crippen molar-refractivity contribution in [2.45, 2.75) is 19.8 Å². The van der Waals surface area contributed by atoms with Crippen LogP contribution < -0.4 is 11.5 Å². The molecular weight excluding hydrogens is 124 g/mol. The van der Waals surface area contributed by atoms with E-state index in [1.54, 1.807) is 6.08 Å². The molecular formula is C8H14N2. The standard InChI is InChI=1S/C8H14N2/c1-8(4-5-8)7(10)3-2-6-9/h2-3,6H,4-5,9-10H2,1H3/b6-2-,7-3-. The third-order valence-electron chi connectivity index (χ3n) is 2.08. The van der Waals surface area contributed by atoms with Crippen LogP contribution in [0.1, 0.15) is 19.8 Å². The summed E-state index contributed by atoms with van der Waals surface area (Å²) in [6.45, 7) is 2.17. The first-order valence-electron chi connectivity index (χ1n) is 3.53. The van der Waals surface area contributed by atoms with Crippen LogP contribution in [0, 0.1) is 5.41 Å². The summed E-state index contributed by atoms with van der Waals surface area (Å²) in [5.41, 5.74) is 12.2. The topological polar surface area (TPSA) is 52.0 Å². The van der Waals surface area contributed by atoms with Gasteiger partial charge in [0.25, 0.3) is 0 Å². The molecule has 0 amide bonds. The van der Waals surface area contributed by atoms with Crippen molar-refractivity contribution >= 4 is 0 Å². The van der Waals surface area contributed by atoms with Gasteiger partial charge in [0.05, 0.1) is 0 Å². The van der Waals surface area contributed by atoms with E-state index in [0.717, 1.165) is 5.70 Å². The van der Waals surface area contributed by atoms with E-state index in [-0.39, 0.29) is 0 Å². The predicted molar refractivity (Wildman–Crippen MR) is 42.9 cm³/mol. The summed E-state index contributed by atoms with van der Waals surface area (Å²) >= 11 is 0. The number of rotatable bonds is 2. The lowest BCUT2D eigenvalue weighted by Crippen LogP contribution is -2.08. The Bertz CT molecular complexity index is 176. The summed E-state index contributed by atoms with van der Waals surface area (Å²) in [5, 5.41) is 0. The molecule has 1 saturated carbocycles. The largest absolute Gasteiger partial charge is 0.405 e. The molecule has 1 fully saturated rings. The molecule has 0 heterocycles. The lowest BCUT2D eigenvalue weighted by atomic mass is 10.1. The summed E-state index contributed by atoms with van der Waals surface area (Å²) in [5.74, 6) is 0. The second-order valence-corrected chi connectivity index (χ2v) is 3.07. The monoisotopic (exact) mass is 138 g/mol. The average molecular weight is 138 g/mol. The first-order valence-corrected chi connectivity index (χ1v) is 3.53. The fraction of sp³-hybridized carbons (Fsp3) is 0.500. The van der Waals surface area contributed by atoms with E-state index in [9.17, 15) is 0 Å². The maximum Gasteiger partial charge on any atom is 0.0141 e. The van der Waals surface area contributed by atoms with Gasteiger partial charge in [-0.1, -0.05) is 6.92 Å². The Labute approximate surface area is 61.6 Å². The molecule has 0 spiro atoms. The maximum absolute atomic E-state index is 5.75. The van der Waals surface area contributed by atoms with Gasteiger partial charge in [-0.05, 0) is 31.2 Å². The zero-order valence-electron chi connectivity index (χ0n) is 6.30. The molecule has 56 valence electrons. The number of hydrogen-bond acceptors (Lipinski definition) is 2. The van der Waals surface area contributed by atoms with Gasteiger partial charge in [0.2, 0.25) is 0 Å². The van der Waals surface area contributed by atoms with Crippen molar-refractivity contribution in [2.24, 2.45) is 16.9 Å². The van der Waals surface area contributed by atoms with Crippen molar-refractivity contribution in [1.29, 1.82) is 0 Å². The Balaban J connectivity index is 2.55. The lowest BCUT2D eigenvalue weighted by molar-refractivity contribution is 0.678. The fourth-order valence-corrected chi connectivity index (χ4v) is 0.837. The molecule has 0 atom stereocenters. The van der Waals surface area contributed by atoms with Crippen molar-refractivity contribution in [3.8, 4) is 0 Å². The van der Waals surface area contributed by atoms with Gasteiger partial charge in [0.1, 0.15) is 0 Å². The van der Waals surface area contributed by atoms with E-state index in [1.165, 1.54) is 19.0 Å². The molecule has 0 radical (unpaired) electrons. The zero-order valence-corrected chi connectivity index (χ0v) is 6.30. The van der Waals surface area contributed by atoms with Crippen LogP contribution in [-0.2, 0) is 0 Å². The number of nitrogens with two attached hydrogens (primary N) is 2. The second-order valence-electron chi connectivity index (χ2n) is 3.07. The summed E-state index contributed by atoms with van der Waals surface area (Å²) < 4.78 is 0. The Hall–Kier alpha value is -0.920. The van der Waals surface area contributed by atoms with Gasteiger partial charge in [0, 0.05) is 11.1 Å². The van der Waals surface area contributed by atoms with Crippen molar-refractivity contribution in [3.05, 3.63) is 24.0 Å². The first kappa shape index (κ1) is 7.19. The highest BCUT2D eigenvalue weighted by molar-refractivity contribution is 5.21. The van der Waals surface area contributed by atoms with Crippen LogP contribution >= 0.6 is 0 Å². The van der Waals surface area contributed by atoms with Crippen molar-refractivity contribution in [3.63, 3.8) is 0 Å². The Kier molecular flexibility index (Phi) is 1.70. The van der Waals surface area contributed by atoms with Crippen LogP contribution in [0.4, 0.5) is 0 Å². The molecule has 0 aromatic heterocycles. The molecule has 0 bridgehead atoms. The van der Waals surface area contributed by atoms with E-state index >= 15 is 0 Å². The third-order valence-corrected chi connectivity index (χ3v) is 2.08. The molecule has 0 aromatic carbocycles. The van der Waals surface area contributed by atoms with Crippen LogP contribution in [0.25, 0.3) is 0 Å². The molecule has 0 saturated heterocycles. The zero-order chi connectivity index (χ0) is 7.61. The molecule has 2 heteroatoms. The quantitative estimate of drug-likeness (QED) is 0.561. The minimum absolute atomic E-state index is 0.291. The van der Waals surface area contributed by atoms with E-state index in [0.29, 0.717) is 5.41 Å². The van der Waals surface area contributed by atoms with E-state index in [1.807, 2.05) is 6.08 Å². The molecule has 0 aromatic rings. The molecule has 2 nitrogen and oxygen atoms in total. The molecule has 1 aliphatic carbocycles. The highest BCUT2D eigenvalue weighted by Gasteiger charge is 2.39. The first-order chi connectivity index (χ1) is 4.69. The third kappa shape index (κ3) is 1.32. The SMILES string of the molecule is CC1(/C(N)=C/C=C\N)CC1. The molecule has 0 unspecified atom stereocenters. The van der Waals surface area contributed by atoms with Gasteiger partial charge in [-0.3, -0.25) is 0 Å². The normalized spacial score (nSPS) is 23.5. The molecule has 10 heavy (non-hydrogen) atoms. The Morgan fingerprint density at radius 3 is 2.50 bits per heavy atom. The van der Waals surface area contributed by atoms with Gasteiger partial charge in [-0.15, -0.1) is 0 Å². The summed E-state index contributed by atoms with van der Waals surface area (Å²) in [6, 6.07) is 0. The smallest absolute Gasteiger partial charge is 0.0141 e. The highest BCUT2D eigenvalue weighted by Crippen LogP contribution is 2.49. The van der Waals surface area contributed by atoms with E-state index < -0.39 is 0 Å². The number of hydrogen-bond donors (Lipinski definition) is 2. The van der Waals surface area contributed by atoms with Gasteiger partial charge in [-0.2, -0.15) is 0 Å². The summed E-state index contributed by atoms with van der Waals surface area (Å²) in [4.78, 5) is 0. The molecule has 0 aliphatic heterocycles. The van der Waals surface area contributed by atoms with Crippen molar-refractivity contribution in [1.82, 2.24) is 0 Å². The Morgan fingerprint density at radius 2 is 2.10 bits per heavy atom. The predicted octanol–water partition coefficient (Wildman–Crippen LogP) is 1.10. The molecule has 4 N–H and O–H groups in total. The van der Waals surface area contributed by atoms with Crippen LogP contribution in [-0.4, -0.2) is 0 Å². The second kappa shape index (κ2) is 2.37. The van der Waals surface area contributed by atoms with Crippen LogP contribution in [0.2, 0.25) is 0 Å². The van der Waals surface area contributed by atoms with Gasteiger partial charge >= 0.3 is 0 Å². The fourth-order valence-electron chi connectivity index (χ4n) is 0.837. The minimum atomic E-state index is 0.291. The summed E-state index contributed by atoms with van der Waals surface area (Å²) in [7, 11) is 0. The minimum Gasteiger partial charge on any atom is -0.405 e. The molecule has 1 rings (SSSR count). The van der Waals surface area contributed by atoms with Gasteiger partial charge in [-0.25, -0.2) is 0 Å². The number of allylic oxidation sites excluding steroid dienone is 3. The van der Waals surface area contributed by atoms with E-state index in [4.69, 9.17) is 11.5 Å². The molecule has 1 aliphatic rings. The maximum atomic E-state index is 5.75. The van der Waals surface area contributed by atoms with Crippen LogP contribution in [0.15, 0.2) is 24.0 Å². The average Bonchev–Trinajstić information content (AvgIpc) is 2.64. The Morgan fingerprint density at radius 1 is 1.50 bits per heavy atom. The van der Waals surface area contributed by atoms with Crippen LogP contribution in [0.5, 0.6) is 0 Å². The lowest BCUT2D eigenvalue weighted by Gasteiger charge is -2.05. The summed E-state index contributed by atoms with van der Waals surface area (Å²) in [6.07, 6.45) is 7.59. The highest BCUT2D eigenvalue weighted by atomic mass is 14.7. The van der Waals surface area contributed by atoms with Gasteiger partial charge in [0.15, 0.2) is 0 Å². The van der Waals surface area contributed by atoms with Crippen molar-refractivity contribution < 1.29 is 0 Å².